The molecular formula is C14H18BrN3O. The van der Waals surface area contributed by atoms with Crippen LogP contribution < -0.4 is 10.2 Å². The van der Waals surface area contributed by atoms with Crippen molar-refractivity contribution in [2.75, 3.05) is 37.6 Å². The van der Waals surface area contributed by atoms with Crippen molar-refractivity contribution >= 4 is 27.5 Å². The highest BCUT2D eigenvalue weighted by atomic mass is 79.9. The Kier molecular flexibility index (Phi) is 3.60. The van der Waals surface area contributed by atoms with E-state index in [1.165, 1.54) is 5.56 Å². The Morgan fingerprint density at radius 2 is 2.16 bits per heavy atom. The van der Waals surface area contributed by atoms with Gasteiger partial charge in [-0.2, -0.15) is 0 Å². The van der Waals surface area contributed by atoms with Crippen LogP contribution in [0.2, 0.25) is 0 Å². The van der Waals surface area contributed by atoms with E-state index >= 15 is 0 Å². The second-order valence-corrected chi connectivity index (χ2v) is 6.03. The van der Waals surface area contributed by atoms with Gasteiger partial charge in [-0.15, -0.1) is 0 Å². The Hall–Kier alpha value is -0.910. The summed E-state index contributed by atoms with van der Waals surface area (Å²) >= 11 is 3.54. The number of carbonyl (C=O) groups is 1. The summed E-state index contributed by atoms with van der Waals surface area (Å²) in [4.78, 5) is 16.8. The number of nitrogens with one attached hydrogen (secondary N) is 1. The zero-order valence-corrected chi connectivity index (χ0v) is 12.6. The van der Waals surface area contributed by atoms with Gasteiger partial charge in [0.2, 0.25) is 5.91 Å². The molecule has 1 N–H and O–H groups in total. The van der Waals surface area contributed by atoms with Crippen LogP contribution in [0, 0.1) is 6.92 Å². The van der Waals surface area contributed by atoms with Gasteiger partial charge < -0.3 is 10.2 Å². The normalized spacial score (nSPS) is 24.4. The maximum Gasteiger partial charge on any atom is 0.245 e. The molecule has 1 atom stereocenters. The van der Waals surface area contributed by atoms with Crippen LogP contribution in [0.3, 0.4) is 0 Å². The number of nitrogens with zero attached hydrogens (tertiary/aromatic N) is 2. The summed E-state index contributed by atoms with van der Waals surface area (Å²) in [6.07, 6.45) is 0. The molecule has 5 heteroatoms. The number of piperazine rings is 2. The molecule has 2 aliphatic heterocycles. The molecule has 1 unspecified atom stereocenters. The zero-order valence-electron chi connectivity index (χ0n) is 11.0. The predicted octanol–water partition coefficient (Wildman–Crippen LogP) is 1.38. The summed E-state index contributed by atoms with van der Waals surface area (Å²) < 4.78 is 1.06. The standard InChI is InChI=1S/C14H18BrN3O/c1-10-2-3-11(8-12(10)15)18-7-6-17-5-4-16-9-13(17)14(18)19/h2-3,8,13,16H,4-7,9H2,1H3. The highest BCUT2D eigenvalue weighted by Gasteiger charge is 2.36. The monoisotopic (exact) mass is 323 g/mol. The third kappa shape index (κ3) is 2.42. The molecule has 2 saturated heterocycles. The van der Waals surface area contributed by atoms with Crippen molar-refractivity contribution in [1.82, 2.24) is 10.2 Å². The minimum atomic E-state index is 0.00239. The number of amides is 1. The van der Waals surface area contributed by atoms with E-state index in [2.05, 4.69) is 39.1 Å². The molecule has 0 aliphatic carbocycles. The number of rotatable bonds is 1. The van der Waals surface area contributed by atoms with Crippen molar-refractivity contribution in [3.8, 4) is 0 Å². The second-order valence-electron chi connectivity index (χ2n) is 5.18. The molecule has 19 heavy (non-hydrogen) atoms. The molecule has 2 heterocycles. The molecular weight excluding hydrogens is 306 g/mol. The third-order valence-corrected chi connectivity index (χ3v) is 4.84. The SMILES string of the molecule is Cc1ccc(N2CCN3CCNCC3C2=O)cc1Br. The summed E-state index contributed by atoms with van der Waals surface area (Å²) in [6, 6.07) is 6.13. The third-order valence-electron chi connectivity index (χ3n) is 3.98. The van der Waals surface area contributed by atoms with Gasteiger partial charge in [0.25, 0.3) is 0 Å². The van der Waals surface area contributed by atoms with Gasteiger partial charge in [-0.1, -0.05) is 22.0 Å². The smallest absolute Gasteiger partial charge is 0.245 e. The van der Waals surface area contributed by atoms with Crippen LogP contribution in [0.25, 0.3) is 0 Å². The maximum atomic E-state index is 12.6. The fourth-order valence-electron chi connectivity index (χ4n) is 2.78. The van der Waals surface area contributed by atoms with E-state index in [4.69, 9.17) is 0 Å². The van der Waals surface area contributed by atoms with Crippen molar-refractivity contribution in [2.45, 2.75) is 13.0 Å². The van der Waals surface area contributed by atoms with Crippen LogP contribution >= 0.6 is 15.9 Å². The lowest BCUT2D eigenvalue weighted by Crippen LogP contribution is -2.64. The van der Waals surface area contributed by atoms with Crippen molar-refractivity contribution in [2.24, 2.45) is 0 Å². The molecule has 2 fully saturated rings. The van der Waals surface area contributed by atoms with E-state index in [1.54, 1.807) is 0 Å². The van der Waals surface area contributed by atoms with Gasteiger partial charge in [-0.05, 0) is 24.6 Å². The first-order valence-corrected chi connectivity index (χ1v) is 7.48. The highest BCUT2D eigenvalue weighted by Crippen LogP contribution is 2.26. The second kappa shape index (κ2) is 5.23. The first-order chi connectivity index (χ1) is 9.16. The molecule has 1 amide bonds. The van der Waals surface area contributed by atoms with E-state index in [1.807, 2.05) is 17.0 Å². The molecule has 102 valence electrons. The summed E-state index contributed by atoms with van der Waals surface area (Å²) in [5.74, 6) is 0.217. The van der Waals surface area contributed by atoms with Crippen LogP contribution in [0.4, 0.5) is 5.69 Å². The molecule has 4 nitrogen and oxygen atoms in total. The summed E-state index contributed by atoms with van der Waals surface area (Å²) in [7, 11) is 0. The number of anilines is 1. The van der Waals surface area contributed by atoms with Gasteiger partial charge >= 0.3 is 0 Å². The van der Waals surface area contributed by atoms with E-state index in [0.717, 1.165) is 42.9 Å². The van der Waals surface area contributed by atoms with Crippen LogP contribution in [-0.2, 0) is 4.79 Å². The highest BCUT2D eigenvalue weighted by molar-refractivity contribution is 9.10. The van der Waals surface area contributed by atoms with Crippen LogP contribution in [0.1, 0.15) is 5.56 Å². The number of aryl methyl sites for hydroxylation is 1. The molecule has 0 spiro atoms. The maximum absolute atomic E-state index is 12.6. The van der Waals surface area contributed by atoms with Gasteiger partial charge in [0, 0.05) is 42.9 Å². The molecule has 2 aliphatic rings. The molecule has 0 radical (unpaired) electrons. The number of hydrogen-bond donors (Lipinski definition) is 1. The predicted molar refractivity (Wildman–Crippen MR) is 79.5 cm³/mol. The summed E-state index contributed by atoms with van der Waals surface area (Å²) in [5, 5.41) is 3.31. The van der Waals surface area contributed by atoms with Gasteiger partial charge in [0.1, 0.15) is 6.04 Å². The fourth-order valence-corrected chi connectivity index (χ4v) is 3.15. The van der Waals surface area contributed by atoms with Crippen LogP contribution in [-0.4, -0.2) is 49.6 Å². The minimum absolute atomic E-state index is 0.00239. The number of fused-ring (bicyclic) bond motifs is 1. The summed E-state index contributed by atoms with van der Waals surface area (Å²) in [6.45, 7) is 6.52. The van der Waals surface area contributed by atoms with Gasteiger partial charge in [0.15, 0.2) is 0 Å². The van der Waals surface area contributed by atoms with E-state index in [9.17, 15) is 4.79 Å². The van der Waals surface area contributed by atoms with Crippen molar-refractivity contribution in [1.29, 1.82) is 0 Å². The topological polar surface area (TPSA) is 35.6 Å². The first-order valence-electron chi connectivity index (χ1n) is 6.69. The zero-order chi connectivity index (χ0) is 13.4. The molecule has 1 aromatic carbocycles. The van der Waals surface area contributed by atoms with E-state index in [0.29, 0.717) is 0 Å². The number of hydrogen-bond acceptors (Lipinski definition) is 3. The Morgan fingerprint density at radius 3 is 2.95 bits per heavy atom. The van der Waals surface area contributed by atoms with Crippen molar-refractivity contribution < 1.29 is 4.79 Å². The Morgan fingerprint density at radius 1 is 1.32 bits per heavy atom. The van der Waals surface area contributed by atoms with Crippen molar-refractivity contribution in [3.05, 3.63) is 28.2 Å². The number of benzene rings is 1. The quantitative estimate of drug-likeness (QED) is 0.848. The average molecular weight is 324 g/mol. The fraction of sp³-hybridized carbons (Fsp3) is 0.500. The van der Waals surface area contributed by atoms with Gasteiger partial charge in [-0.3, -0.25) is 9.69 Å². The number of halogens is 1. The summed E-state index contributed by atoms with van der Waals surface area (Å²) in [5.41, 5.74) is 2.18. The first kappa shape index (κ1) is 13.1. The van der Waals surface area contributed by atoms with Gasteiger partial charge in [-0.25, -0.2) is 0 Å². The molecule has 3 rings (SSSR count). The molecule has 0 bridgehead atoms. The molecule has 0 aromatic heterocycles. The Labute approximate surface area is 121 Å². The van der Waals surface area contributed by atoms with Crippen LogP contribution in [0.5, 0.6) is 0 Å². The van der Waals surface area contributed by atoms with E-state index in [-0.39, 0.29) is 11.9 Å². The van der Waals surface area contributed by atoms with Crippen molar-refractivity contribution in [3.63, 3.8) is 0 Å². The van der Waals surface area contributed by atoms with E-state index < -0.39 is 0 Å². The lowest BCUT2D eigenvalue weighted by Gasteiger charge is -2.43. The molecule has 0 saturated carbocycles. The van der Waals surface area contributed by atoms with Crippen LogP contribution in [0.15, 0.2) is 22.7 Å². The lowest BCUT2D eigenvalue weighted by atomic mass is 10.1. The Balaban J connectivity index is 1.85. The number of carbonyl (C=O) groups excluding carboxylic acids is 1. The Bertz CT molecular complexity index is 505. The average Bonchev–Trinajstić information content (AvgIpc) is 2.43. The lowest BCUT2D eigenvalue weighted by molar-refractivity contribution is -0.126. The molecule has 1 aromatic rings. The minimum Gasteiger partial charge on any atom is -0.313 e. The van der Waals surface area contributed by atoms with Gasteiger partial charge in [0.05, 0.1) is 0 Å². The largest absolute Gasteiger partial charge is 0.313 e.